The Morgan fingerprint density at radius 3 is 1.97 bits per heavy atom. The van der Waals surface area contributed by atoms with Crippen LogP contribution in [0.4, 0.5) is 8.91 Å². The van der Waals surface area contributed by atoms with E-state index in [1.165, 1.54) is 19.7 Å². The van der Waals surface area contributed by atoms with Crippen molar-refractivity contribution in [2.75, 3.05) is 0 Å². The summed E-state index contributed by atoms with van der Waals surface area (Å²) in [5, 5.41) is 0. The largest absolute Gasteiger partial charge is 0.265 e. The number of rotatable bonds is 4. The van der Waals surface area contributed by atoms with E-state index in [9.17, 15) is 11.6 Å². The Hall–Kier alpha value is -2.92. The molecule has 0 fully saturated rings. The van der Waals surface area contributed by atoms with Gasteiger partial charge in [0.15, 0.2) is 0 Å². The second kappa shape index (κ2) is 12.8. The van der Waals surface area contributed by atoms with Gasteiger partial charge in [-0.3, -0.25) is 9.97 Å². The van der Waals surface area contributed by atoms with Gasteiger partial charge in [0.25, 0.3) is 0 Å². The molecule has 0 bridgehead atoms. The molecule has 0 unspecified atom stereocenters. The zero-order valence-electron chi connectivity index (χ0n) is 17.5. The van der Waals surface area contributed by atoms with Crippen LogP contribution in [0.3, 0.4) is 0 Å². The standard InChI is InChI=1S/C19H17N2O2S.C5H5N.FH.Pd/c1-14-9-11-16(12-10-14)24(22,23)21-18-8-5-6-15(2)19(18)17-7-3-4-13-20-17;1-2-4-6-5-3-1;;/h3-13H,1-2H3;1-5H;1H;/q-1;;;+2/p-1. The van der Waals surface area contributed by atoms with Crippen LogP contribution in [-0.2, 0) is 29.7 Å². The van der Waals surface area contributed by atoms with Crippen molar-refractivity contribution >= 4 is 15.7 Å². The molecule has 168 valence electrons. The van der Waals surface area contributed by atoms with Gasteiger partial charge in [-0.25, -0.2) is 8.42 Å². The van der Waals surface area contributed by atoms with Crippen LogP contribution in [0.5, 0.6) is 0 Å². The molecule has 2 aromatic carbocycles. The summed E-state index contributed by atoms with van der Waals surface area (Å²) >= 11 is 1.25. The second-order valence-corrected chi connectivity index (χ2v) is 8.19. The van der Waals surface area contributed by atoms with Crippen LogP contribution in [-0.4, -0.2) is 18.4 Å². The Morgan fingerprint density at radius 2 is 1.44 bits per heavy atom. The molecule has 2 heterocycles. The average molecular weight is 542 g/mol. The van der Waals surface area contributed by atoms with Gasteiger partial charge in [-0.05, 0) is 61.4 Å². The Morgan fingerprint density at radius 1 is 0.781 bits per heavy atom. The molecular formula is C24H22FN3O2PdS. The number of aromatic nitrogens is 2. The summed E-state index contributed by atoms with van der Waals surface area (Å²) in [6, 6.07) is 23.3. The van der Waals surface area contributed by atoms with E-state index in [4.69, 9.17) is 0 Å². The number of benzene rings is 2. The van der Waals surface area contributed by atoms with Gasteiger partial charge in [-0.2, -0.15) is 0 Å². The fraction of sp³-hybridized carbons (Fsp3) is 0.0833. The van der Waals surface area contributed by atoms with Crippen LogP contribution in [0.2, 0.25) is 0 Å². The number of hydrogen-bond donors (Lipinski definition) is 0. The van der Waals surface area contributed by atoms with Crippen LogP contribution in [0.15, 0.2) is 102 Å². The van der Waals surface area contributed by atoms with Crippen molar-refractivity contribution in [3.63, 3.8) is 0 Å². The predicted molar refractivity (Wildman–Crippen MR) is 121 cm³/mol. The first-order valence-electron chi connectivity index (χ1n) is 9.50. The number of aryl methyl sites for hydroxylation is 2. The molecule has 32 heavy (non-hydrogen) atoms. The van der Waals surface area contributed by atoms with Crippen LogP contribution in [0.1, 0.15) is 11.1 Å². The summed E-state index contributed by atoms with van der Waals surface area (Å²) in [6.45, 7) is 3.83. The van der Waals surface area contributed by atoms with Crippen LogP contribution < -0.4 is 0 Å². The summed E-state index contributed by atoms with van der Waals surface area (Å²) in [4.78, 5) is 8.30. The van der Waals surface area contributed by atoms with Crippen molar-refractivity contribution in [3.8, 4) is 11.3 Å². The first-order valence-corrected chi connectivity index (χ1v) is 11.5. The summed E-state index contributed by atoms with van der Waals surface area (Å²) in [5.74, 6) is 0. The van der Waals surface area contributed by atoms with Gasteiger partial charge < -0.3 is 4.72 Å². The van der Waals surface area contributed by atoms with Crippen molar-refractivity contribution in [1.29, 1.82) is 0 Å². The molecule has 4 rings (SSSR count). The molecule has 0 radical (unpaired) electrons. The molecule has 0 saturated carbocycles. The molecule has 0 spiro atoms. The maximum atomic E-state index is 12.6. The SMILES string of the molecule is Cc1ccc(S(=O)(=O)[N-]c2cccc(C)c2-c2ccccn2)cc1.[F][Pd+].c1ccncc1. The monoisotopic (exact) mass is 541 g/mol. The number of hydrogen-bond acceptors (Lipinski definition) is 4. The fourth-order valence-corrected chi connectivity index (χ4v) is 3.77. The summed E-state index contributed by atoms with van der Waals surface area (Å²) in [5.41, 5.74) is 3.75. The van der Waals surface area contributed by atoms with Crippen molar-refractivity contribution in [3.05, 3.63) is 113 Å². The van der Waals surface area contributed by atoms with Gasteiger partial charge in [-0.15, -0.1) is 5.69 Å². The molecule has 0 aliphatic carbocycles. The van der Waals surface area contributed by atoms with Crippen LogP contribution in [0, 0.1) is 13.8 Å². The van der Waals surface area contributed by atoms with Gasteiger partial charge >= 0.3 is 22.9 Å². The topological polar surface area (TPSA) is 74.0 Å². The minimum Gasteiger partial charge on any atom is -0.265 e. The molecular weight excluding hydrogens is 520 g/mol. The van der Waals surface area contributed by atoms with Gasteiger partial charge in [-0.1, -0.05) is 48.0 Å². The predicted octanol–water partition coefficient (Wildman–Crippen LogP) is 6.26. The number of sulfonamides is 1. The maximum absolute atomic E-state index is 12.6. The molecule has 2 aromatic heterocycles. The van der Waals surface area contributed by atoms with Gasteiger partial charge in [0, 0.05) is 18.6 Å². The first kappa shape index (κ1) is 25.3. The molecule has 0 aliphatic rings. The Kier molecular flexibility index (Phi) is 10.2. The Balaban J connectivity index is 0.000000387. The van der Waals surface area contributed by atoms with E-state index in [0.717, 1.165) is 16.7 Å². The van der Waals surface area contributed by atoms with Crippen molar-refractivity contribution < 1.29 is 31.4 Å². The molecule has 0 atom stereocenters. The molecule has 0 saturated heterocycles. The van der Waals surface area contributed by atoms with E-state index in [1.54, 1.807) is 55.0 Å². The van der Waals surface area contributed by atoms with E-state index in [0.29, 0.717) is 11.4 Å². The molecule has 4 aromatic rings. The van der Waals surface area contributed by atoms with Gasteiger partial charge in [0.05, 0.1) is 10.6 Å². The zero-order valence-corrected chi connectivity index (χ0v) is 19.9. The van der Waals surface area contributed by atoms with E-state index in [-0.39, 0.29) is 4.90 Å². The van der Waals surface area contributed by atoms with E-state index < -0.39 is 10.0 Å². The van der Waals surface area contributed by atoms with Crippen molar-refractivity contribution in [2.24, 2.45) is 0 Å². The quantitative estimate of drug-likeness (QED) is 0.286. The Labute approximate surface area is 199 Å². The molecule has 0 N–H and O–H groups in total. The van der Waals surface area contributed by atoms with Crippen LogP contribution >= 0.6 is 0 Å². The maximum Gasteiger partial charge on any atom is 0.0267 e. The fourth-order valence-electron chi connectivity index (χ4n) is 2.78. The van der Waals surface area contributed by atoms with Crippen molar-refractivity contribution in [2.45, 2.75) is 18.7 Å². The van der Waals surface area contributed by atoms with E-state index >= 15 is 0 Å². The normalized spacial score (nSPS) is 10.2. The first-order chi connectivity index (χ1) is 15.5. The molecule has 0 aliphatic heterocycles. The average Bonchev–Trinajstić information content (AvgIpc) is 2.83. The molecule has 0 amide bonds. The summed E-state index contributed by atoms with van der Waals surface area (Å²) in [7, 11) is -3.78. The third-order valence-electron chi connectivity index (χ3n) is 4.28. The third-order valence-corrected chi connectivity index (χ3v) is 5.58. The molecule has 8 heteroatoms. The Bertz CT molecular complexity index is 1160. The second-order valence-electron chi connectivity index (χ2n) is 6.59. The minimum absolute atomic E-state index is 0.182. The van der Waals surface area contributed by atoms with Gasteiger partial charge in [0.1, 0.15) is 10.0 Å². The summed E-state index contributed by atoms with van der Waals surface area (Å²) < 4.78 is 38.7. The van der Waals surface area contributed by atoms with Gasteiger partial charge in [0.2, 0.25) is 0 Å². The van der Waals surface area contributed by atoms with Crippen LogP contribution in [0.25, 0.3) is 16.0 Å². The number of pyridine rings is 2. The third kappa shape index (κ3) is 7.35. The van der Waals surface area contributed by atoms with E-state index in [1.807, 2.05) is 56.3 Å². The molecule has 5 nitrogen and oxygen atoms in total. The number of nitrogens with zero attached hydrogens (tertiary/aromatic N) is 3. The van der Waals surface area contributed by atoms with E-state index in [2.05, 4.69) is 14.7 Å². The smallest absolute Gasteiger partial charge is 0.0267 e. The zero-order chi connectivity index (χ0) is 23.4. The minimum atomic E-state index is -3.78. The summed E-state index contributed by atoms with van der Waals surface area (Å²) in [6.07, 6.45) is 5.18. The number of halogens is 1. The van der Waals surface area contributed by atoms with Crippen molar-refractivity contribution in [1.82, 2.24) is 9.97 Å².